The number of hydrogen-bond donors (Lipinski definition) is 0. The van der Waals surface area contributed by atoms with Gasteiger partial charge in [0.1, 0.15) is 0 Å². The Morgan fingerprint density at radius 1 is 1.29 bits per heavy atom. The van der Waals surface area contributed by atoms with Gasteiger partial charge in [0.2, 0.25) is 11.7 Å². The minimum Gasteiger partial charge on any atom is -0.339 e. The van der Waals surface area contributed by atoms with Crippen LogP contribution >= 0.6 is 0 Å². The Kier molecular flexibility index (Phi) is 1.63. The first-order chi connectivity index (χ1) is 6.93. The fourth-order valence-corrected chi connectivity index (χ4v) is 1.38. The van der Waals surface area contributed by atoms with Crippen LogP contribution in [0.5, 0.6) is 0 Å². The molecular formula is C11H9N2O. The number of hydrogen-bond acceptors (Lipinski definition) is 3. The monoisotopic (exact) mass is 185 g/mol. The van der Waals surface area contributed by atoms with Crippen molar-refractivity contribution in [3.05, 3.63) is 36.2 Å². The van der Waals surface area contributed by atoms with Gasteiger partial charge in [-0.25, -0.2) is 0 Å². The van der Waals surface area contributed by atoms with Gasteiger partial charge in [-0.1, -0.05) is 29.4 Å². The van der Waals surface area contributed by atoms with Gasteiger partial charge in [-0.3, -0.25) is 0 Å². The van der Waals surface area contributed by atoms with Crippen LogP contribution in [0.3, 0.4) is 0 Å². The lowest BCUT2D eigenvalue weighted by atomic mass is 10.2. The van der Waals surface area contributed by atoms with E-state index in [2.05, 4.69) is 16.2 Å². The Morgan fingerprint density at radius 2 is 2.07 bits per heavy atom. The first-order valence-electron chi connectivity index (χ1n) is 4.73. The molecule has 1 fully saturated rings. The molecule has 1 aromatic carbocycles. The lowest BCUT2D eigenvalue weighted by Gasteiger charge is -1.89. The summed E-state index contributed by atoms with van der Waals surface area (Å²) in [7, 11) is 0. The summed E-state index contributed by atoms with van der Waals surface area (Å²) in [6, 6.07) is 10.5. The number of nitrogens with zero attached hydrogens (tertiary/aromatic N) is 2. The molecule has 0 N–H and O–H groups in total. The number of benzene rings is 1. The van der Waals surface area contributed by atoms with E-state index >= 15 is 0 Å². The molecule has 14 heavy (non-hydrogen) atoms. The maximum absolute atomic E-state index is 5.17. The van der Waals surface area contributed by atoms with Gasteiger partial charge in [0.15, 0.2) is 0 Å². The molecule has 1 saturated carbocycles. The van der Waals surface area contributed by atoms with Crippen LogP contribution in [0.15, 0.2) is 28.8 Å². The van der Waals surface area contributed by atoms with Crippen molar-refractivity contribution in [3.63, 3.8) is 0 Å². The van der Waals surface area contributed by atoms with Gasteiger partial charge < -0.3 is 4.52 Å². The van der Waals surface area contributed by atoms with Crippen LogP contribution in [-0.4, -0.2) is 10.1 Å². The van der Waals surface area contributed by atoms with Gasteiger partial charge in [0, 0.05) is 11.5 Å². The van der Waals surface area contributed by atoms with Crippen molar-refractivity contribution in [2.24, 2.45) is 0 Å². The molecule has 2 aromatic rings. The van der Waals surface area contributed by atoms with Crippen molar-refractivity contribution in [2.75, 3.05) is 0 Å². The minimum atomic E-state index is 0.520. The Labute approximate surface area is 81.8 Å². The quantitative estimate of drug-likeness (QED) is 0.721. The van der Waals surface area contributed by atoms with Gasteiger partial charge in [0.25, 0.3) is 0 Å². The molecule has 0 saturated heterocycles. The molecule has 0 unspecified atom stereocenters. The van der Waals surface area contributed by atoms with E-state index in [9.17, 15) is 0 Å². The molecule has 3 heteroatoms. The van der Waals surface area contributed by atoms with Gasteiger partial charge in [-0.2, -0.15) is 4.98 Å². The second-order valence-corrected chi connectivity index (χ2v) is 3.52. The SMILES string of the molecule is [c]1ccc(-c2noc(C3CC3)n2)cc1. The third-order valence-corrected chi connectivity index (χ3v) is 2.34. The average Bonchev–Trinajstić information content (AvgIpc) is 2.98. The van der Waals surface area contributed by atoms with Crippen molar-refractivity contribution in [2.45, 2.75) is 18.8 Å². The molecule has 0 bridgehead atoms. The Bertz CT molecular complexity index is 432. The average molecular weight is 185 g/mol. The van der Waals surface area contributed by atoms with Gasteiger partial charge in [0.05, 0.1) is 0 Å². The van der Waals surface area contributed by atoms with Crippen LogP contribution in [0.1, 0.15) is 24.7 Å². The lowest BCUT2D eigenvalue weighted by Crippen LogP contribution is -1.80. The topological polar surface area (TPSA) is 38.9 Å². The fraction of sp³-hybridized carbons (Fsp3) is 0.273. The Balaban J connectivity index is 1.96. The van der Waals surface area contributed by atoms with Crippen molar-refractivity contribution in [1.82, 2.24) is 10.1 Å². The summed E-state index contributed by atoms with van der Waals surface area (Å²) in [5.41, 5.74) is 0.986. The summed E-state index contributed by atoms with van der Waals surface area (Å²) < 4.78 is 5.17. The molecule has 1 aliphatic carbocycles. The van der Waals surface area contributed by atoms with Crippen molar-refractivity contribution in [1.29, 1.82) is 0 Å². The first kappa shape index (κ1) is 7.74. The van der Waals surface area contributed by atoms with E-state index in [4.69, 9.17) is 4.52 Å². The van der Waals surface area contributed by atoms with E-state index in [0.717, 1.165) is 11.5 Å². The maximum atomic E-state index is 5.17. The molecular weight excluding hydrogens is 176 g/mol. The molecule has 0 spiro atoms. The predicted octanol–water partition coefficient (Wildman–Crippen LogP) is 2.41. The summed E-state index contributed by atoms with van der Waals surface area (Å²) in [4.78, 5) is 4.35. The zero-order chi connectivity index (χ0) is 9.38. The molecule has 1 radical (unpaired) electrons. The van der Waals surface area contributed by atoms with Gasteiger partial charge in [-0.05, 0) is 18.9 Å². The van der Waals surface area contributed by atoms with Crippen LogP contribution in [0.2, 0.25) is 0 Å². The lowest BCUT2D eigenvalue weighted by molar-refractivity contribution is 0.380. The molecule has 69 valence electrons. The first-order valence-corrected chi connectivity index (χ1v) is 4.73. The smallest absolute Gasteiger partial charge is 0.230 e. The van der Waals surface area contributed by atoms with E-state index in [-0.39, 0.29) is 0 Å². The zero-order valence-electron chi connectivity index (χ0n) is 7.60. The molecule has 0 atom stereocenters. The Hall–Kier alpha value is -1.64. The highest BCUT2D eigenvalue weighted by atomic mass is 16.5. The standard InChI is InChI=1S/C11H9N2O/c1-2-4-8(5-3-1)10-12-11(14-13-10)9-6-7-9/h2-5,9H,6-7H2. The van der Waals surface area contributed by atoms with Crippen molar-refractivity contribution >= 4 is 0 Å². The van der Waals surface area contributed by atoms with Crippen molar-refractivity contribution < 1.29 is 4.52 Å². The van der Waals surface area contributed by atoms with E-state index in [1.54, 1.807) is 0 Å². The van der Waals surface area contributed by atoms with Gasteiger partial charge >= 0.3 is 0 Å². The molecule has 3 nitrogen and oxygen atoms in total. The van der Waals surface area contributed by atoms with E-state index < -0.39 is 0 Å². The molecule has 1 heterocycles. The maximum Gasteiger partial charge on any atom is 0.230 e. The summed E-state index contributed by atoms with van der Waals surface area (Å²) in [5, 5.41) is 3.95. The van der Waals surface area contributed by atoms with Crippen LogP contribution in [0, 0.1) is 6.07 Å². The summed E-state index contributed by atoms with van der Waals surface area (Å²) >= 11 is 0. The van der Waals surface area contributed by atoms with Crippen molar-refractivity contribution in [3.8, 4) is 11.4 Å². The second kappa shape index (κ2) is 2.94. The van der Waals surface area contributed by atoms with E-state index in [0.29, 0.717) is 11.7 Å². The molecule has 0 aliphatic heterocycles. The number of aromatic nitrogens is 2. The highest BCUT2D eigenvalue weighted by molar-refractivity contribution is 5.53. The Morgan fingerprint density at radius 3 is 2.79 bits per heavy atom. The second-order valence-electron chi connectivity index (χ2n) is 3.52. The van der Waals surface area contributed by atoms with E-state index in [1.807, 2.05) is 24.3 Å². The minimum absolute atomic E-state index is 0.520. The molecule has 3 rings (SSSR count). The highest BCUT2D eigenvalue weighted by Crippen LogP contribution is 2.39. The summed E-state index contributed by atoms with van der Waals surface area (Å²) in [6.07, 6.45) is 2.37. The third-order valence-electron chi connectivity index (χ3n) is 2.34. The zero-order valence-corrected chi connectivity index (χ0v) is 7.60. The molecule has 1 aromatic heterocycles. The van der Waals surface area contributed by atoms with Crippen LogP contribution in [-0.2, 0) is 0 Å². The van der Waals surface area contributed by atoms with Crippen LogP contribution in [0.25, 0.3) is 11.4 Å². The highest BCUT2D eigenvalue weighted by Gasteiger charge is 2.29. The molecule has 1 aliphatic rings. The summed E-state index contributed by atoms with van der Waals surface area (Å²) in [6.45, 7) is 0. The third kappa shape index (κ3) is 1.31. The fourth-order valence-electron chi connectivity index (χ4n) is 1.38. The largest absolute Gasteiger partial charge is 0.339 e. The summed E-state index contributed by atoms with van der Waals surface area (Å²) in [5.74, 6) is 1.99. The van der Waals surface area contributed by atoms with Crippen LogP contribution < -0.4 is 0 Å². The van der Waals surface area contributed by atoms with E-state index in [1.165, 1.54) is 12.8 Å². The molecule has 0 amide bonds. The van der Waals surface area contributed by atoms with Crippen LogP contribution in [0.4, 0.5) is 0 Å². The predicted molar refractivity (Wildman–Crippen MR) is 50.5 cm³/mol. The number of rotatable bonds is 2. The normalized spacial score (nSPS) is 15.7. The van der Waals surface area contributed by atoms with Gasteiger partial charge in [-0.15, -0.1) is 0 Å².